The van der Waals surface area contributed by atoms with Crippen molar-refractivity contribution in [2.75, 3.05) is 0 Å². The van der Waals surface area contributed by atoms with E-state index in [1.54, 1.807) is 12.1 Å². The van der Waals surface area contributed by atoms with Gasteiger partial charge in [0.05, 0.1) is 4.92 Å². The second-order valence-corrected chi connectivity index (χ2v) is 5.55. The Hall–Kier alpha value is -0.800. The van der Waals surface area contributed by atoms with Crippen molar-refractivity contribution in [3.05, 3.63) is 39.4 Å². The van der Waals surface area contributed by atoms with Crippen LogP contribution in [0.1, 0.15) is 17.0 Å². The first-order valence-electron chi connectivity index (χ1n) is 4.67. The van der Waals surface area contributed by atoms with Gasteiger partial charge in [0, 0.05) is 24.0 Å². The fourth-order valence-corrected chi connectivity index (χ4v) is 3.31. The van der Waals surface area contributed by atoms with Gasteiger partial charge in [-0.3, -0.25) is 10.1 Å². The minimum Gasteiger partial charge on any atom is -0.258 e. The Kier molecular flexibility index (Phi) is 1.67. The Balaban J connectivity index is 2.03. The molecule has 0 bridgehead atoms. The first-order chi connectivity index (χ1) is 7.01. The summed E-state index contributed by atoms with van der Waals surface area (Å²) < 4.78 is -0.636. The number of non-ortho nitro benzene ring substituents is 1. The highest BCUT2D eigenvalue weighted by molar-refractivity contribution is 6.52. The van der Waals surface area contributed by atoms with Crippen molar-refractivity contribution in [2.45, 2.75) is 16.7 Å². The lowest BCUT2D eigenvalue weighted by Gasteiger charge is -2.07. The van der Waals surface area contributed by atoms with Crippen LogP contribution in [0.25, 0.3) is 0 Å². The van der Waals surface area contributed by atoms with Gasteiger partial charge in [0.2, 0.25) is 0 Å². The molecule has 5 heteroatoms. The smallest absolute Gasteiger partial charge is 0.258 e. The molecule has 15 heavy (non-hydrogen) atoms. The van der Waals surface area contributed by atoms with Crippen molar-refractivity contribution in [1.29, 1.82) is 0 Å². The quantitative estimate of drug-likeness (QED) is 0.433. The summed E-state index contributed by atoms with van der Waals surface area (Å²) >= 11 is 12.1. The van der Waals surface area contributed by atoms with Crippen molar-refractivity contribution in [3.8, 4) is 0 Å². The van der Waals surface area contributed by atoms with E-state index in [-0.39, 0.29) is 22.4 Å². The van der Waals surface area contributed by atoms with Crippen molar-refractivity contribution < 1.29 is 4.92 Å². The zero-order valence-electron chi connectivity index (χ0n) is 7.61. The molecule has 1 aromatic rings. The predicted molar refractivity (Wildman–Crippen MR) is 57.5 cm³/mol. The number of nitro benzene ring substituents is 1. The molecule has 0 heterocycles. The molecule has 1 fully saturated rings. The largest absolute Gasteiger partial charge is 0.269 e. The van der Waals surface area contributed by atoms with E-state index in [2.05, 4.69) is 0 Å². The monoisotopic (exact) mass is 243 g/mol. The van der Waals surface area contributed by atoms with Crippen LogP contribution in [0.4, 0.5) is 5.69 Å². The first kappa shape index (κ1) is 9.43. The first-order valence-corrected chi connectivity index (χ1v) is 5.42. The molecular weight excluding hydrogens is 237 g/mol. The van der Waals surface area contributed by atoms with Crippen molar-refractivity contribution in [2.24, 2.45) is 5.92 Å². The van der Waals surface area contributed by atoms with Crippen molar-refractivity contribution in [1.82, 2.24) is 0 Å². The SMILES string of the molecule is O=[N+]([O-])c1ccc2c(c1)CC1C2C1(Cl)Cl. The zero-order valence-corrected chi connectivity index (χ0v) is 9.13. The van der Waals surface area contributed by atoms with Gasteiger partial charge in [-0.15, -0.1) is 23.2 Å². The Bertz CT molecular complexity index is 472. The average Bonchev–Trinajstić information content (AvgIpc) is 2.60. The minimum atomic E-state index is -0.636. The van der Waals surface area contributed by atoms with Crippen LogP contribution in [0.3, 0.4) is 0 Å². The molecule has 0 spiro atoms. The fraction of sp³-hybridized carbons (Fsp3) is 0.400. The summed E-state index contributed by atoms with van der Waals surface area (Å²) in [6.07, 6.45) is 0.759. The van der Waals surface area contributed by atoms with Gasteiger partial charge in [-0.1, -0.05) is 6.07 Å². The minimum absolute atomic E-state index is 0.143. The summed E-state index contributed by atoms with van der Waals surface area (Å²) in [7, 11) is 0. The lowest BCUT2D eigenvalue weighted by atomic mass is 10.1. The Labute approximate surface area is 96.1 Å². The maximum Gasteiger partial charge on any atom is 0.269 e. The molecule has 0 aliphatic heterocycles. The molecule has 2 unspecified atom stereocenters. The maximum atomic E-state index is 10.6. The number of halogens is 2. The van der Waals surface area contributed by atoms with E-state index in [0.29, 0.717) is 0 Å². The standard InChI is InChI=1S/C10H7Cl2NO2/c11-10(12)8-4-5-3-6(13(14)15)1-2-7(5)9(8)10/h1-3,8-9H,4H2. The van der Waals surface area contributed by atoms with Crippen LogP contribution in [0.5, 0.6) is 0 Å². The zero-order chi connectivity index (χ0) is 10.8. The highest BCUT2D eigenvalue weighted by atomic mass is 35.5. The number of nitrogens with zero attached hydrogens (tertiary/aromatic N) is 1. The Morgan fingerprint density at radius 3 is 2.87 bits per heavy atom. The normalized spacial score (nSPS) is 29.5. The van der Waals surface area contributed by atoms with E-state index in [0.717, 1.165) is 17.5 Å². The van der Waals surface area contributed by atoms with Gasteiger partial charge in [-0.05, 0) is 17.5 Å². The van der Waals surface area contributed by atoms with Gasteiger partial charge in [0.25, 0.3) is 5.69 Å². The van der Waals surface area contributed by atoms with Crippen LogP contribution in [0.2, 0.25) is 0 Å². The molecule has 0 saturated heterocycles. The van der Waals surface area contributed by atoms with Crippen LogP contribution >= 0.6 is 23.2 Å². The van der Waals surface area contributed by atoms with Crippen molar-refractivity contribution in [3.63, 3.8) is 0 Å². The Morgan fingerprint density at radius 1 is 1.47 bits per heavy atom. The number of benzene rings is 1. The summed E-state index contributed by atoms with van der Waals surface area (Å²) in [6.45, 7) is 0. The third kappa shape index (κ3) is 1.13. The fourth-order valence-electron chi connectivity index (χ4n) is 2.49. The highest BCUT2D eigenvalue weighted by Gasteiger charge is 2.67. The van der Waals surface area contributed by atoms with Crippen LogP contribution < -0.4 is 0 Å². The lowest BCUT2D eigenvalue weighted by molar-refractivity contribution is -0.384. The summed E-state index contributed by atoms with van der Waals surface area (Å²) in [5, 5.41) is 10.6. The molecule has 1 saturated carbocycles. The van der Waals surface area contributed by atoms with Crippen LogP contribution in [0.15, 0.2) is 18.2 Å². The molecule has 0 aromatic heterocycles. The lowest BCUT2D eigenvalue weighted by Crippen LogP contribution is -2.01. The molecule has 2 aliphatic carbocycles. The van der Waals surface area contributed by atoms with Crippen LogP contribution in [-0.4, -0.2) is 9.26 Å². The average molecular weight is 244 g/mol. The topological polar surface area (TPSA) is 43.1 Å². The molecule has 3 rings (SSSR count). The summed E-state index contributed by atoms with van der Waals surface area (Å²) in [4.78, 5) is 10.2. The molecule has 78 valence electrons. The van der Waals surface area contributed by atoms with E-state index in [1.165, 1.54) is 6.07 Å². The van der Waals surface area contributed by atoms with Gasteiger partial charge >= 0.3 is 0 Å². The van der Waals surface area contributed by atoms with E-state index in [1.807, 2.05) is 0 Å². The number of nitro groups is 1. The highest BCUT2D eigenvalue weighted by Crippen LogP contribution is 2.70. The molecule has 0 N–H and O–H groups in total. The number of alkyl halides is 2. The maximum absolute atomic E-state index is 10.6. The number of fused-ring (bicyclic) bond motifs is 3. The van der Waals surface area contributed by atoms with Gasteiger partial charge in [-0.25, -0.2) is 0 Å². The summed E-state index contributed by atoms with van der Waals surface area (Å²) in [5.74, 6) is 0.425. The van der Waals surface area contributed by atoms with Crippen LogP contribution in [0, 0.1) is 16.0 Å². The molecule has 0 radical (unpaired) electrons. The Morgan fingerprint density at radius 2 is 2.20 bits per heavy atom. The van der Waals surface area contributed by atoms with Crippen molar-refractivity contribution >= 4 is 28.9 Å². The van der Waals surface area contributed by atoms with Gasteiger partial charge in [0.15, 0.2) is 0 Å². The molecule has 3 nitrogen and oxygen atoms in total. The molecule has 2 aliphatic rings. The van der Waals surface area contributed by atoms with Gasteiger partial charge in [0.1, 0.15) is 4.33 Å². The predicted octanol–water partition coefficient (Wildman–Crippen LogP) is 3.04. The van der Waals surface area contributed by atoms with E-state index in [9.17, 15) is 10.1 Å². The van der Waals surface area contributed by atoms with Gasteiger partial charge < -0.3 is 0 Å². The third-order valence-corrected chi connectivity index (χ3v) is 4.35. The number of rotatable bonds is 1. The second kappa shape index (κ2) is 2.66. The van der Waals surface area contributed by atoms with Gasteiger partial charge in [-0.2, -0.15) is 0 Å². The molecular formula is C10H7Cl2NO2. The summed E-state index contributed by atoms with van der Waals surface area (Å²) in [6, 6.07) is 4.93. The molecule has 2 atom stereocenters. The summed E-state index contributed by atoms with van der Waals surface area (Å²) in [5.41, 5.74) is 2.25. The molecule has 1 aromatic carbocycles. The number of hydrogen-bond acceptors (Lipinski definition) is 2. The number of hydrogen-bond donors (Lipinski definition) is 0. The second-order valence-electron chi connectivity index (χ2n) is 4.10. The van der Waals surface area contributed by atoms with E-state index in [4.69, 9.17) is 23.2 Å². The van der Waals surface area contributed by atoms with E-state index < -0.39 is 4.33 Å². The molecule has 0 amide bonds. The van der Waals surface area contributed by atoms with E-state index >= 15 is 0 Å². The third-order valence-electron chi connectivity index (χ3n) is 3.31. The van der Waals surface area contributed by atoms with Crippen LogP contribution in [-0.2, 0) is 6.42 Å².